The van der Waals surface area contributed by atoms with E-state index in [0.717, 1.165) is 16.5 Å². The summed E-state index contributed by atoms with van der Waals surface area (Å²) in [4.78, 5) is 17.0. The highest BCUT2D eigenvalue weighted by atomic mass is 35.5. The van der Waals surface area contributed by atoms with Crippen molar-refractivity contribution in [3.05, 3.63) is 76.4 Å². The standard InChI is InChI=1S/C17H12ClNO/c1-11-7-8-12(18)10-15(11)17(20)14-4-2-6-16-13(14)5-3-9-19-16/h2-10H,1H3. The molecule has 0 atom stereocenters. The fourth-order valence-corrected chi connectivity index (χ4v) is 2.46. The summed E-state index contributed by atoms with van der Waals surface area (Å²) in [6.45, 7) is 1.91. The third kappa shape index (κ3) is 2.19. The van der Waals surface area contributed by atoms with Crippen LogP contribution in [0.3, 0.4) is 0 Å². The van der Waals surface area contributed by atoms with Crippen molar-refractivity contribution in [2.45, 2.75) is 6.92 Å². The van der Waals surface area contributed by atoms with Crippen molar-refractivity contribution in [1.82, 2.24) is 4.98 Å². The first-order valence-electron chi connectivity index (χ1n) is 6.31. The molecule has 1 aromatic heterocycles. The summed E-state index contributed by atoms with van der Waals surface area (Å²) in [6.07, 6.45) is 1.72. The number of carbonyl (C=O) groups excluding carboxylic acids is 1. The lowest BCUT2D eigenvalue weighted by atomic mass is 9.96. The largest absolute Gasteiger partial charge is 0.289 e. The molecule has 3 heteroatoms. The fraction of sp³-hybridized carbons (Fsp3) is 0.0588. The Morgan fingerprint density at radius 3 is 2.75 bits per heavy atom. The first kappa shape index (κ1) is 12.8. The van der Waals surface area contributed by atoms with Crippen LogP contribution in [0.1, 0.15) is 21.5 Å². The van der Waals surface area contributed by atoms with Gasteiger partial charge in [-0.3, -0.25) is 9.78 Å². The predicted octanol–water partition coefficient (Wildman–Crippen LogP) is 4.43. The van der Waals surface area contributed by atoms with Crippen molar-refractivity contribution >= 4 is 28.3 Å². The van der Waals surface area contributed by atoms with E-state index in [1.807, 2.05) is 43.3 Å². The molecule has 3 aromatic rings. The second-order valence-corrected chi connectivity index (χ2v) is 5.10. The van der Waals surface area contributed by atoms with E-state index in [1.165, 1.54) is 0 Å². The van der Waals surface area contributed by atoms with Gasteiger partial charge in [0.1, 0.15) is 0 Å². The van der Waals surface area contributed by atoms with Gasteiger partial charge in [-0.1, -0.05) is 35.9 Å². The number of ketones is 1. The number of benzene rings is 2. The second kappa shape index (κ2) is 5.06. The number of nitrogens with zero attached hydrogens (tertiary/aromatic N) is 1. The molecular formula is C17H12ClNO. The van der Waals surface area contributed by atoms with Crippen molar-refractivity contribution in [3.8, 4) is 0 Å². The van der Waals surface area contributed by atoms with Crippen LogP contribution in [0.5, 0.6) is 0 Å². The smallest absolute Gasteiger partial charge is 0.194 e. The van der Waals surface area contributed by atoms with Gasteiger partial charge < -0.3 is 0 Å². The number of aromatic nitrogens is 1. The summed E-state index contributed by atoms with van der Waals surface area (Å²) >= 11 is 6.00. The van der Waals surface area contributed by atoms with Gasteiger partial charge in [-0.25, -0.2) is 0 Å². The minimum Gasteiger partial charge on any atom is -0.289 e. The highest BCUT2D eigenvalue weighted by Gasteiger charge is 2.15. The Bertz CT molecular complexity index is 806. The SMILES string of the molecule is Cc1ccc(Cl)cc1C(=O)c1cccc2ncccc12. The lowest BCUT2D eigenvalue weighted by molar-refractivity contribution is 0.103. The van der Waals surface area contributed by atoms with Gasteiger partial charge in [0.05, 0.1) is 5.52 Å². The molecule has 3 rings (SSSR count). The van der Waals surface area contributed by atoms with Crippen molar-refractivity contribution in [2.24, 2.45) is 0 Å². The van der Waals surface area contributed by atoms with E-state index in [4.69, 9.17) is 11.6 Å². The van der Waals surface area contributed by atoms with E-state index in [1.54, 1.807) is 18.3 Å². The molecule has 1 heterocycles. The van der Waals surface area contributed by atoms with E-state index in [9.17, 15) is 4.79 Å². The van der Waals surface area contributed by atoms with Crippen LogP contribution in [0.2, 0.25) is 5.02 Å². The summed E-state index contributed by atoms with van der Waals surface area (Å²) in [5, 5.41) is 1.43. The Kier molecular flexibility index (Phi) is 3.25. The number of aryl methyl sites for hydroxylation is 1. The number of hydrogen-bond acceptors (Lipinski definition) is 2. The zero-order valence-corrected chi connectivity index (χ0v) is 11.7. The summed E-state index contributed by atoms with van der Waals surface area (Å²) < 4.78 is 0. The van der Waals surface area contributed by atoms with Gasteiger partial charge in [-0.15, -0.1) is 0 Å². The number of fused-ring (bicyclic) bond motifs is 1. The Morgan fingerprint density at radius 2 is 1.90 bits per heavy atom. The van der Waals surface area contributed by atoms with Gasteiger partial charge in [0, 0.05) is 27.7 Å². The highest BCUT2D eigenvalue weighted by molar-refractivity contribution is 6.31. The number of hydrogen-bond donors (Lipinski definition) is 0. The summed E-state index contributed by atoms with van der Waals surface area (Å²) in [5.41, 5.74) is 3.02. The van der Waals surface area contributed by atoms with Crippen LogP contribution in [0, 0.1) is 6.92 Å². The van der Waals surface area contributed by atoms with Crippen molar-refractivity contribution < 1.29 is 4.79 Å². The maximum absolute atomic E-state index is 12.7. The lowest BCUT2D eigenvalue weighted by Crippen LogP contribution is -2.04. The van der Waals surface area contributed by atoms with Crippen LogP contribution < -0.4 is 0 Å². The minimum absolute atomic E-state index is 0.0244. The number of halogens is 1. The molecule has 0 N–H and O–H groups in total. The first-order chi connectivity index (χ1) is 9.66. The number of pyridine rings is 1. The van der Waals surface area contributed by atoms with Gasteiger partial charge in [0.15, 0.2) is 5.78 Å². The van der Waals surface area contributed by atoms with Crippen LogP contribution in [-0.4, -0.2) is 10.8 Å². The van der Waals surface area contributed by atoms with Gasteiger partial charge in [-0.2, -0.15) is 0 Å². The average molecular weight is 282 g/mol. The molecule has 98 valence electrons. The van der Waals surface area contributed by atoms with Crippen LogP contribution in [-0.2, 0) is 0 Å². The highest BCUT2D eigenvalue weighted by Crippen LogP contribution is 2.23. The zero-order chi connectivity index (χ0) is 14.1. The molecule has 0 amide bonds. The molecule has 0 aliphatic rings. The topological polar surface area (TPSA) is 30.0 Å². The molecule has 0 aliphatic carbocycles. The van der Waals surface area contributed by atoms with Crippen LogP contribution >= 0.6 is 11.6 Å². The monoisotopic (exact) mass is 281 g/mol. The van der Waals surface area contributed by atoms with Crippen LogP contribution in [0.15, 0.2) is 54.7 Å². The molecule has 0 aliphatic heterocycles. The third-order valence-electron chi connectivity index (χ3n) is 3.33. The maximum Gasteiger partial charge on any atom is 0.194 e. The molecule has 0 radical (unpaired) electrons. The van der Waals surface area contributed by atoms with Crippen LogP contribution in [0.4, 0.5) is 0 Å². The van der Waals surface area contributed by atoms with Crippen molar-refractivity contribution in [3.63, 3.8) is 0 Å². The molecular weight excluding hydrogens is 270 g/mol. The minimum atomic E-state index is -0.0244. The molecule has 0 bridgehead atoms. The van der Waals surface area contributed by atoms with E-state index in [2.05, 4.69) is 4.98 Å². The zero-order valence-electron chi connectivity index (χ0n) is 10.9. The number of carbonyl (C=O) groups is 1. The van der Waals surface area contributed by atoms with Gasteiger partial charge in [-0.05, 0) is 36.8 Å². The van der Waals surface area contributed by atoms with Gasteiger partial charge in [0.2, 0.25) is 0 Å². The van der Waals surface area contributed by atoms with Gasteiger partial charge >= 0.3 is 0 Å². The van der Waals surface area contributed by atoms with E-state index in [-0.39, 0.29) is 5.78 Å². The number of rotatable bonds is 2. The first-order valence-corrected chi connectivity index (χ1v) is 6.69. The Morgan fingerprint density at radius 1 is 1.05 bits per heavy atom. The molecule has 2 nitrogen and oxygen atoms in total. The lowest BCUT2D eigenvalue weighted by Gasteiger charge is -2.08. The average Bonchev–Trinajstić information content (AvgIpc) is 2.48. The van der Waals surface area contributed by atoms with E-state index < -0.39 is 0 Å². The Hall–Kier alpha value is -2.19. The molecule has 0 fully saturated rings. The summed E-state index contributed by atoms with van der Waals surface area (Å²) in [6, 6.07) is 14.7. The maximum atomic E-state index is 12.7. The molecule has 0 saturated heterocycles. The molecule has 0 saturated carbocycles. The normalized spacial score (nSPS) is 10.7. The third-order valence-corrected chi connectivity index (χ3v) is 3.57. The molecule has 0 unspecified atom stereocenters. The summed E-state index contributed by atoms with van der Waals surface area (Å²) in [5.74, 6) is -0.0244. The quantitative estimate of drug-likeness (QED) is 0.651. The Balaban J connectivity index is 2.20. The molecule has 2 aromatic carbocycles. The van der Waals surface area contributed by atoms with E-state index in [0.29, 0.717) is 16.1 Å². The van der Waals surface area contributed by atoms with Gasteiger partial charge in [0.25, 0.3) is 0 Å². The molecule has 20 heavy (non-hydrogen) atoms. The van der Waals surface area contributed by atoms with Crippen molar-refractivity contribution in [2.75, 3.05) is 0 Å². The predicted molar refractivity (Wildman–Crippen MR) is 81.4 cm³/mol. The molecule has 0 spiro atoms. The Labute approximate surface area is 122 Å². The fourth-order valence-electron chi connectivity index (χ4n) is 2.29. The van der Waals surface area contributed by atoms with Crippen molar-refractivity contribution in [1.29, 1.82) is 0 Å². The summed E-state index contributed by atoms with van der Waals surface area (Å²) in [7, 11) is 0. The van der Waals surface area contributed by atoms with Crippen LogP contribution in [0.25, 0.3) is 10.9 Å². The van der Waals surface area contributed by atoms with E-state index >= 15 is 0 Å². The second-order valence-electron chi connectivity index (χ2n) is 4.66.